The molecule has 0 bridgehead atoms. The van der Waals surface area contributed by atoms with Crippen LogP contribution >= 0.6 is 0 Å². The summed E-state index contributed by atoms with van der Waals surface area (Å²) >= 11 is 0. The lowest BCUT2D eigenvalue weighted by atomic mass is 10.1. The first-order chi connectivity index (χ1) is 9.65. The molecule has 0 unspecified atom stereocenters. The van der Waals surface area contributed by atoms with Gasteiger partial charge in [-0.05, 0) is 29.8 Å². The zero-order valence-electron chi connectivity index (χ0n) is 10.4. The second-order valence-corrected chi connectivity index (χ2v) is 4.37. The lowest BCUT2D eigenvalue weighted by molar-refractivity contribution is 0.0688. The zero-order chi connectivity index (χ0) is 14.1. The van der Waals surface area contributed by atoms with Crippen LogP contribution in [0.25, 0.3) is 5.65 Å². The van der Waals surface area contributed by atoms with Crippen LogP contribution in [0.2, 0.25) is 0 Å². The molecule has 0 saturated heterocycles. The third-order valence-corrected chi connectivity index (χ3v) is 2.99. The molecule has 100 valence electrons. The van der Waals surface area contributed by atoms with Crippen LogP contribution in [0.1, 0.15) is 21.9 Å². The maximum Gasteiger partial charge on any atom is 0.352 e. The van der Waals surface area contributed by atoms with E-state index < -0.39 is 5.97 Å². The van der Waals surface area contributed by atoms with Gasteiger partial charge in [-0.2, -0.15) is 0 Å². The maximum atomic E-state index is 11.3. The number of pyridine rings is 1. The number of hydrogen-bond donors (Lipinski definition) is 2. The molecule has 2 heterocycles. The number of benzene rings is 1. The summed E-state index contributed by atoms with van der Waals surface area (Å²) in [4.78, 5) is 11.3. The minimum atomic E-state index is -1.03. The fraction of sp³-hybridized carbons (Fsp3) is 0.0714. The van der Waals surface area contributed by atoms with E-state index in [2.05, 4.69) is 10.2 Å². The number of carboxylic acids is 1. The van der Waals surface area contributed by atoms with Crippen LogP contribution in [-0.2, 0) is 6.42 Å². The molecule has 0 radical (unpaired) electrons. The number of aromatic carboxylic acids is 1. The molecule has 6 nitrogen and oxygen atoms in total. The van der Waals surface area contributed by atoms with Gasteiger partial charge in [0, 0.05) is 6.42 Å². The summed E-state index contributed by atoms with van der Waals surface area (Å²) in [6.45, 7) is 0. The summed E-state index contributed by atoms with van der Waals surface area (Å²) in [6, 6.07) is 11.6. The van der Waals surface area contributed by atoms with Gasteiger partial charge in [-0.3, -0.25) is 4.40 Å². The summed E-state index contributed by atoms with van der Waals surface area (Å²) in [5.41, 5.74) is 1.43. The predicted octanol–water partition coefficient (Wildman–Crippen LogP) is 1.72. The van der Waals surface area contributed by atoms with E-state index in [-0.39, 0.29) is 11.4 Å². The molecule has 1 aromatic carbocycles. The largest absolute Gasteiger partial charge is 0.508 e. The number of rotatable bonds is 3. The second-order valence-electron chi connectivity index (χ2n) is 4.37. The normalized spacial score (nSPS) is 10.8. The number of carbonyl (C=O) groups is 1. The van der Waals surface area contributed by atoms with Crippen molar-refractivity contribution < 1.29 is 15.0 Å². The van der Waals surface area contributed by atoms with Crippen molar-refractivity contribution >= 4 is 11.6 Å². The van der Waals surface area contributed by atoms with Crippen molar-refractivity contribution in [3.05, 3.63) is 59.5 Å². The van der Waals surface area contributed by atoms with Crippen molar-refractivity contribution in [3.8, 4) is 5.75 Å². The predicted molar refractivity (Wildman–Crippen MR) is 70.9 cm³/mol. The highest BCUT2D eigenvalue weighted by atomic mass is 16.4. The van der Waals surface area contributed by atoms with Crippen LogP contribution in [-0.4, -0.2) is 30.8 Å². The Morgan fingerprint density at radius 3 is 2.70 bits per heavy atom. The smallest absolute Gasteiger partial charge is 0.352 e. The van der Waals surface area contributed by atoms with Gasteiger partial charge in [-0.15, -0.1) is 10.2 Å². The van der Waals surface area contributed by atoms with Crippen molar-refractivity contribution in [1.82, 2.24) is 14.6 Å². The Morgan fingerprint density at radius 2 is 1.95 bits per heavy atom. The number of phenols is 1. The molecule has 2 N–H and O–H groups in total. The molecule has 0 aliphatic carbocycles. The molecule has 6 heteroatoms. The Balaban J connectivity index is 2.10. The fourth-order valence-corrected chi connectivity index (χ4v) is 2.13. The molecule has 3 aromatic rings. The number of hydrogen-bond acceptors (Lipinski definition) is 4. The Hall–Kier alpha value is -2.89. The van der Waals surface area contributed by atoms with Crippen molar-refractivity contribution in [2.45, 2.75) is 6.42 Å². The van der Waals surface area contributed by atoms with Gasteiger partial charge < -0.3 is 10.2 Å². The summed E-state index contributed by atoms with van der Waals surface area (Å²) in [7, 11) is 0. The van der Waals surface area contributed by atoms with E-state index in [4.69, 9.17) is 0 Å². The van der Waals surface area contributed by atoms with Gasteiger partial charge in [0.2, 0.25) is 0 Å². The Bertz CT molecular complexity index is 795. The SMILES string of the molecule is O=C(O)c1cccc2nnc(Cc3cccc(O)c3)n12. The molecule has 2 aromatic heterocycles. The molecule has 3 rings (SSSR count). The summed E-state index contributed by atoms with van der Waals surface area (Å²) in [5, 5.41) is 26.7. The lowest BCUT2D eigenvalue weighted by Gasteiger charge is -2.04. The van der Waals surface area contributed by atoms with E-state index in [1.807, 2.05) is 6.07 Å². The highest BCUT2D eigenvalue weighted by Gasteiger charge is 2.14. The first-order valence-corrected chi connectivity index (χ1v) is 5.99. The molecular formula is C14H11N3O3. The minimum absolute atomic E-state index is 0.114. The second kappa shape index (κ2) is 4.65. The van der Waals surface area contributed by atoms with E-state index in [9.17, 15) is 15.0 Å². The number of fused-ring (bicyclic) bond motifs is 1. The van der Waals surface area contributed by atoms with Gasteiger partial charge in [0.25, 0.3) is 0 Å². The van der Waals surface area contributed by atoms with Crippen molar-refractivity contribution in [2.24, 2.45) is 0 Å². The topological polar surface area (TPSA) is 87.7 Å². The third-order valence-electron chi connectivity index (χ3n) is 2.99. The number of aromatic nitrogens is 3. The monoisotopic (exact) mass is 269 g/mol. The van der Waals surface area contributed by atoms with E-state index in [0.29, 0.717) is 17.9 Å². The highest BCUT2D eigenvalue weighted by Crippen LogP contribution is 2.16. The Morgan fingerprint density at radius 1 is 1.15 bits per heavy atom. The highest BCUT2D eigenvalue weighted by molar-refractivity contribution is 5.86. The van der Waals surface area contributed by atoms with Crippen molar-refractivity contribution in [3.63, 3.8) is 0 Å². The van der Waals surface area contributed by atoms with Gasteiger partial charge in [-0.25, -0.2) is 4.79 Å². The molecule has 0 aliphatic rings. The molecular weight excluding hydrogens is 258 g/mol. The standard InChI is InChI=1S/C14H11N3O3/c18-10-4-1-3-9(7-10)8-13-16-15-12-6-2-5-11(14(19)20)17(12)13/h1-7,18H,8H2,(H,19,20). The average Bonchev–Trinajstić information content (AvgIpc) is 2.82. The van der Waals surface area contributed by atoms with Crippen molar-refractivity contribution in [2.75, 3.05) is 0 Å². The fourth-order valence-electron chi connectivity index (χ4n) is 2.13. The van der Waals surface area contributed by atoms with Gasteiger partial charge in [-0.1, -0.05) is 18.2 Å². The number of phenolic OH excluding ortho intramolecular Hbond substituents is 1. The Labute approximate surface area is 113 Å². The first-order valence-electron chi connectivity index (χ1n) is 5.99. The van der Waals surface area contributed by atoms with E-state index in [1.54, 1.807) is 30.3 Å². The summed E-state index contributed by atoms with van der Waals surface area (Å²) in [6.07, 6.45) is 0.389. The van der Waals surface area contributed by atoms with Crippen molar-refractivity contribution in [1.29, 1.82) is 0 Å². The van der Waals surface area contributed by atoms with Gasteiger partial charge in [0.15, 0.2) is 5.65 Å². The number of nitrogens with zero attached hydrogens (tertiary/aromatic N) is 3. The molecule has 0 amide bonds. The van der Waals surface area contributed by atoms with Crippen LogP contribution in [0.5, 0.6) is 5.75 Å². The minimum Gasteiger partial charge on any atom is -0.508 e. The first kappa shape index (κ1) is 12.2. The van der Waals surface area contributed by atoms with Crippen LogP contribution in [0.3, 0.4) is 0 Å². The van der Waals surface area contributed by atoms with Crippen LogP contribution < -0.4 is 0 Å². The average molecular weight is 269 g/mol. The third kappa shape index (κ3) is 2.07. The van der Waals surface area contributed by atoms with Crippen LogP contribution in [0.4, 0.5) is 0 Å². The van der Waals surface area contributed by atoms with E-state index >= 15 is 0 Å². The lowest BCUT2D eigenvalue weighted by Crippen LogP contribution is -2.08. The molecule has 0 spiro atoms. The molecule has 0 atom stereocenters. The van der Waals surface area contributed by atoms with Crippen LogP contribution in [0, 0.1) is 0 Å². The molecule has 0 saturated carbocycles. The van der Waals surface area contributed by atoms with E-state index in [1.165, 1.54) is 10.5 Å². The summed E-state index contributed by atoms with van der Waals surface area (Å²) in [5.74, 6) is -0.356. The maximum absolute atomic E-state index is 11.3. The molecule has 0 fully saturated rings. The zero-order valence-corrected chi connectivity index (χ0v) is 10.4. The Kier molecular flexibility index (Phi) is 2.83. The number of carboxylic acid groups (broad SMARTS) is 1. The molecule has 20 heavy (non-hydrogen) atoms. The summed E-state index contributed by atoms with van der Waals surface area (Å²) < 4.78 is 1.51. The van der Waals surface area contributed by atoms with Crippen LogP contribution in [0.15, 0.2) is 42.5 Å². The van der Waals surface area contributed by atoms with Gasteiger partial charge in [0.05, 0.1) is 0 Å². The van der Waals surface area contributed by atoms with Gasteiger partial charge in [0.1, 0.15) is 17.3 Å². The van der Waals surface area contributed by atoms with Gasteiger partial charge >= 0.3 is 5.97 Å². The quantitative estimate of drug-likeness (QED) is 0.756. The van der Waals surface area contributed by atoms with E-state index in [0.717, 1.165) is 5.56 Å². The number of aromatic hydroxyl groups is 1. The molecule has 0 aliphatic heterocycles.